The zero-order valence-corrected chi connectivity index (χ0v) is 13.1. The minimum absolute atomic E-state index is 0.00602. The number of nitro groups is 1. The van der Waals surface area contributed by atoms with Gasteiger partial charge in [-0.25, -0.2) is 5.43 Å². The van der Waals surface area contributed by atoms with E-state index in [-0.39, 0.29) is 24.8 Å². The van der Waals surface area contributed by atoms with Crippen LogP contribution in [0.5, 0.6) is 23.0 Å². The number of nitrogens with one attached hydrogen (secondary N) is 1. The predicted molar refractivity (Wildman–Crippen MR) is 86.8 cm³/mol. The molecule has 0 atom stereocenters. The highest BCUT2D eigenvalue weighted by Gasteiger charge is 2.22. The molecule has 0 spiro atoms. The zero-order chi connectivity index (χ0) is 18.1. The van der Waals surface area contributed by atoms with Crippen molar-refractivity contribution in [2.24, 2.45) is 5.10 Å². The Labute approximate surface area is 146 Å². The first-order valence-corrected chi connectivity index (χ1v) is 7.43. The Balaban J connectivity index is 1.52. The number of amides is 1. The van der Waals surface area contributed by atoms with Crippen molar-refractivity contribution in [2.75, 3.05) is 13.6 Å². The summed E-state index contributed by atoms with van der Waals surface area (Å²) in [5, 5.41) is 15.0. The zero-order valence-electron chi connectivity index (χ0n) is 13.1. The number of ether oxygens (including phenoxy) is 4. The molecule has 1 N–H and O–H groups in total. The second-order valence-electron chi connectivity index (χ2n) is 5.29. The first-order chi connectivity index (χ1) is 12.6. The molecule has 4 rings (SSSR count). The number of nitro benzene ring substituents is 1. The van der Waals surface area contributed by atoms with Gasteiger partial charge >= 0.3 is 0 Å². The van der Waals surface area contributed by atoms with Gasteiger partial charge in [0.2, 0.25) is 13.6 Å². The number of carbonyl (C=O) groups excluding carboxylic acids is 1. The number of benzene rings is 2. The molecule has 0 saturated heterocycles. The highest BCUT2D eigenvalue weighted by atomic mass is 16.7. The number of hydrazone groups is 1. The molecule has 0 bridgehead atoms. The summed E-state index contributed by atoms with van der Waals surface area (Å²) >= 11 is 0. The molecule has 2 aliphatic heterocycles. The fourth-order valence-electron chi connectivity index (χ4n) is 2.47. The van der Waals surface area contributed by atoms with Crippen molar-refractivity contribution < 1.29 is 28.7 Å². The average molecular weight is 357 g/mol. The maximum absolute atomic E-state index is 12.1. The lowest BCUT2D eigenvalue weighted by Gasteiger charge is -2.02. The first-order valence-electron chi connectivity index (χ1n) is 7.43. The second-order valence-corrected chi connectivity index (χ2v) is 5.29. The standard InChI is InChI=1S/C16H11N3O7/c20-16(9-1-2-12-13(3-9)24-7-23-12)18-17-6-10-4-14-15(26-8-25-14)5-11(10)19(21)22/h1-6H,7-8H2,(H,18,20)/b17-6-. The van der Waals surface area contributed by atoms with Crippen LogP contribution in [0.3, 0.4) is 0 Å². The van der Waals surface area contributed by atoms with Gasteiger partial charge in [0.1, 0.15) is 0 Å². The van der Waals surface area contributed by atoms with Gasteiger partial charge < -0.3 is 18.9 Å². The van der Waals surface area contributed by atoms with Crippen LogP contribution in [-0.4, -0.2) is 30.6 Å². The third-order valence-corrected chi connectivity index (χ3v) is 3.72. The number of nitrogens with zero attached hydrogens (tertiary/aromatic N) is 2. The Morgan fingerprint density at radius 3 is 2.42 bits per heavy atom. The first kappa shape index (κ1) is 15.7. The molecule has 2 aliphatic rings. The summed E-state index contributed by atoms with van der Waals surface area (Å²) in [6.07, 6.45) is 1.17. The normalized spacial score (nSPS) is 13.8. The molecule has 0 aromatic heterocycles. The maximum atomic E-state index is 12.1. The molecule has 2 aromatic rings. The summed E-state index contributed by atoms with van der Waals surface area (Å²) in [7, 11) is 0. The van der Waals surface area contributed by atoms with Crippen LogP contribution < -0.4 is 24.4 Å². The van der Waals surface area contributed by atoms with Crippen LogP contribution in [0, 0.1) is 10.1 Å². The lowest BCUT2D eigenvalue weighted by atomic mass is 10.1. The van der Waals surface area contributed by atoms with E-state index in [9.17, 15) is 14.9 Å². The van der Waals surface area contributed by atoms with Crippen molar-refractivity contribution in [1.29, 1.82) is 0 Å². The lowest BCUT2D eigenvalue weighted by molar-refractivity contribution is -0.385. The molecule has 0 aliphatic carbocycles. The molecule has 132 valence electrons. The fraction of sp³-hybridized carbons (Fsp3) is 0.125. The van der Waals surface area contributed by atoms with Gasteiger partial charge in [-0.05, 0) is 24.3 Å². The number of rotatable bonds is 4. The van der Waals surface area contributed by atoms with E-state index in [0.29, 0.717) is 28.6 Å². The minimum Gasteiger partial charge on any atom is -0.454 e. The Hall–Kier alpha value is -3.82. The second kappa shape index (κ2) is 6.24. The highest BCUT2D eigenvalue weighted by Crippen LogP contribution is 2.37. The van der Waals surface area contributed by atoms with Crippen LogP contribution in [0.4, 0.5) is 5.69 Å². The average Bonchev–Trinajstić information content (AvgIpc) is 3.28. The van der Waals surface area contributed by atoms with Crippen molar-refractivity contribution in [3.8, 4) is 23.0 Å². The Kier molecular flexibility index (Phi) is 3.77. The SMILES string of the molecule is O=C(N/N=C\c1cc2c(cc1[N+](=O)[O-])OCO2)c1ccc2c(c1)OCO2. The molecule has 0 unspecified atom stereocenters. The van der Waals surface area contributed by atoms with E-state index in [1.165, 1.54) is 24.4 Å². The molecule has 26 heavy (non-hydrogen) atoms. The van der Waals surface area contributed by atoms with Gasteiger partial charge in [0.05, 0.1) is 22.8 Å². The van der Waals surface area contributed by atoms with Gasteiger partial charge in [-0.1, -0.05) is 0 Å². The highest BCUT2D eigenvalue weighted by molar-refractivity contribution is 5.96. The Morgan fingerprint density at radius 1 is 1.04 bits per heavy atom. The van der Waals surface area contributed by atoms with E-state index in [0.717, 1.165) is 0 Å². The summed E-state index contributed by atoms with van der Waals surface area (Å²) in [5.74, 6) is 1.19. The summed E-state index contributed by atoms with van der Waals surface area (Å²) in [6, 6.07) is 7.38. The molecular formula is C16H11N3O7. The third-order valence-electron chi connectivity index (χ3n) is 3.72. The number of hydrogen-bond donors (Lipinski definition) is 1. The summed E-state index contributed by atoms with van der Waals surface area (Å²) in [6.45, 7) is 0.0975. The van der Waals surface area contributed by atoms with Crippen molar-refractivity contribution in [3.05, 3.63) is 51.6 Å². The molecule has 10 heteroatoms. The summed E-state index contributed by atoms with van der Waals surface area (Å²) in [4.78, 5) is 22.8. The van der Waals surface area contributed by atoms with Crippen LogP contribution in [-0.2, 0) is 0 Å². The molecule has 2 heterocycles. The van der Waals surface area contributed by atoms with Gasteiger partial charge in [-0.15, -0.1) is 0 Å². The monoisotopic (exact) mass is 357 g/mol. The molecule has 0 radical (unpaired) electrons. The molecule has 10 nitrogen and oxygen atoms in total. The predicted octanol–water partition coefficient (Wildman–Crippen LogP) is 1.82. The summed E-state index contributed by atoms with van der Waals surface area (Å²) in [5.41, 5.74) is 2.58. The van der Waals surface area contributed by atoms with Crippen LogP contribution in [0.25, 0.3) is 0 Å². The van der Waals surface area contributed by atoms with Crippen molar-refractivity contribution in [3.63, 3.8) is 0 Å². The van der Waals surface area contributed by atoms with E-state index >= 15 is 0 Å². The van der Waals surface area contributed by atoms with Crippen LogP contribution in [0.2, 0.25) is 0 Å². The van der Waals surface area contributed by atoms with E-state index in [1.807, 2.05) is 0 Å². The smallest absolute Gasteiger partial charge is 0.282 e. The van der Waals surface area contributed by atoms with E-state index in [4.69, 9.17) is 18.9 Å². The van der Waals surface area contributed by atoms with Crippen LogP contribution >= 0.6 is 0 Å². The fourth-order valence-corrected chi connectivity index (χ4v) is 2.47. The van der Waals surface area contributed by atoms with Gasteiger partial charge in [0.25, 0.3) is 11.6 Å². The third kappa shape index (κ3) is 2.83. The van der Waals surface area contributed by atoms with Gasteiger partial charge in [0.15, 0.2) is 23.0 Å². The van der Waals surface area contributed by atoms with Gasteiger partial charge in [-0.3, -0.25) is 14.9 Å². The van der Waals surface area contributed by atoms with E-state index in [1.54, 1.807) is 12.1 Å². The minimum atomic E-state index is -0.566. The van der Waals surface area contributed by atoms with Crippen molar-refractivity contribution in [1.82, 2.24) is 5.43 Å². The quantitative estimate of drug-likeness (QED) is 0.503. The maximum Gasteiger partial charge on any atom is 0.282 e. The number of hydrogen-bond acceptors (Lipinski definition) is 8. The summed E-state index contributed by atoms with van der Waals surface area (Å²) < 4.78 is 20.7. The molecule has 2 aromatic carbocycles. The van der Waals surface area contributed by atoms with E-state index < -0.39 is 10.8 Å². The van der Waals surface area contributed by atoms with Gasteiger partial charge in [0, 0.05) is 5.56 Å². The lowest BCUT2D eigenvalue weighted by Crippen LogP contribution is -2.17. The Morgan fingerprint density at radius 2 is 1.69 bits per heavy atom. The largest absolute Gasteiger partial charge is 0.454 e. The topological polar surface area (TPSA) is 122 Å². The van der Waals surface area contributed by atoms with Gasteiger partial charge in [-0.2, -0.15) is 5.10 Å². The Bertz CT molecular complexity index is 942. The van der Waals surface area contributed by atoms with E-state index in [2.05, 4.69) is 10.5 Å². The molecular weight excluding hydrogens is 346 g/mol. The number of carbonyl (C=O) groups is 1. The molecule has 0 fully saturated rings. The molecule has 1 amide bonds. The number of fused-ring (bicyclic) bond motifs is 2. The molecule has 0 saturated carbocycles. The van der Waals surface area contributed by atoms with Crippen molar-refractivity contribution >= 4 is 17.8 Å². The van der Waals surface area contributed by atoms with Crippen LogP contribution in [0.1, 0.15) is 15.9 Å². The van der Waals surface area contributed by atoms with Crippen molar-refractivity contribution in [2.45, 2.75) is 0 Å². The van der Waals surface area contributed by atoms with Crippen LogP contribution in [0.15, 0.2) is 35.4 Å².